The summed E-state index contributed by atoms with van der Waals surface area (Å²) < 4.78 is 40.3. The molecular formula is C13H15ClF3N5O. The maximum Gasteiger partial charge on any atom is 0.435 e. The summed E-state index contributed by atoms with van der Waals surface area (Å²) in [6.45, 7) is 2.10. The summed E-state index contributed by atoms with van der Waals surface area (Å²) in [5.41, 5.74) is -0.264. The van der Waals surface area contributed by atoms with E-state index in [1.54, 1.807) is 14.0 Å². The lowest BCUT2D eigenvalue weighted by Crippen LogP contribution is -2.27. The standard InChI is InChI=1S/C13H15ClF3N5O/c1-8-6-10(13(15,16)17)20-22(8)5-3-4-18-12(23)11-9(14)7-19-21(11)2/h6-7H,3-5H2,1-2H3,(H,18,23). The number of halogens is 4. The van der Waals surface area contributed by atoms with Crippen LogP contribution < -0.4 is 5.32 Å². The first kappa shape index (κ1) is 17.3. The zero-order chi connectivity index (χ0) is 17.2. The zero-order valence-corrected chi connectivity index (χ0v) is 13.2. The topological polar surface area (TPSA) is 64.7 Å². The Labute approximate surface area is 135 Å². The number of aromatic nitrogens is 4. The Hall–Kier alpha value is -2.03. The monoisotopic (exact) mass is 349 g/mol. The van der Waals surface area contributed by atoms with Gasteiger partial charge in [0, 0.05) is 25.8 Å². The number of hydrogen-bond acceptors (Lipinski definition) is 3. The first-order valence-corrected chi connectivity index (χ1v) is 7.15. The van der Waals surface area contributed by atoms with E-state index in [9.17, 15) is 18.0 Å². The molecule has 1 N–H and O–H groups in total. The third-order valence-electron chi connectivity index (χ3n) is 3.21. The number of amides is 1. The number of carbonyl (C=O) groups excluding carboxylic acids is 1. The van der Waals surface area contributed by atoms with E-state index in [1.807, 2.05) is 0 Å². The Morgan fingerprint density at radius 1 is 1.43 bits per heavy atom. The van der Waals surface area contributed by atoms with Crippen LogP contribution in [0.25, 0.3) is 0 Å². The van der Waals surface area contributed by atoms with Crippen molar-refractivity contribution in [2.75, 3.05) is 6.54 Å². The van der Waals surface area contributed by atoms with Gasteiger partial charge in [0.25, 0.3) is 5.91 Å². The highest BCUT2D eigenvalue weighted by atomic mass is 35.5. The smallest absolute Gasteiger partial charge is 0.351 e. The number of carbonyl (C=O) groups is 1. The highest BCUT2D eigenvalue weighted by molar-refractivity contribution is 6.33. The van der Waals surface area contributed by atoms with Crippen molar-refractivity contribution in [3.05, 3.63) is 34.4 Å². The van der Waals surface area contributed by atoms with Crippen molar-refractivity contribution in [1.82, 2.24) is 24.9 Å². The molecule has 0 aliphatic carbocycles. The lowest BCUT2D eigenvalue weighted by Gasteiger charge is -2.07. The number of rotatable bonds is 5. The quantitative estimate of drug-likeness (QED) is 0.843. The van der Waals surface area contributed by atoms with Crippen LogP contribution in [-0.4, -0.2) is 32.0 Å². The van der Waals surface area contributed by atoms with Gasteiger partial charge >= 0.3 is 6.18 Å². The lowest BCUT2D eigenvalue weighted by molar-refractivity contribution is -0.141. The van der Waals surface area contributed by atoms with E-state index in [-0.39, 0.29) is 29.7 Å². The minimum atomic E-state index is -4.46. The van der Waals surface area contributed by atoms with Crippen molar-refractivity contribution in [3.8, 4) is 0 Å². The first-order valence-electron chi connectivity index (χ1n) is 6.77. The fourth-order valence-electron chi connectivity index (χ4n) is 2.06. The molecule has 0 unspecified atom stereocenters. The van der Waals surface area contributed by atoms with E-state index >= 15 is 0 Å². The zero-order valence-electron chi connectivity index (χ0n) is 12.5. The van der Waals surface area contributed by atoms with Gasteiger partial charge in [-0.1, -0.05) is 11.6 Å². The van der Waals surface area contributed by atoms with Gasteiger partial charge in [-0.25, -0.2) is 0 Å². The molecule has 0 fully saturated rings. The van der Waals surface area contributed by atoms with Gasteiger partial charge in [0.1, 0.15) is 5.69 Å². The highest BCUT2D eigenvalue weighted by Crippen LogP contribution is 2.28. The number of aryl methyl sites for hydroxylation is 3. The molecule has 0 spiro atoms. The molecule has 2 aromatic rings. The van der Waals surface area contributed by atoms with Gasteiger partial charge in [-0.15, -0.1) is 0 Å². The molecule has 0 atom stereocenters. The summed E-state index contributed by atoms with van der Waals surface area (Å²) in [5.74, 6) is -0.386. The summed E-state index contributed by atoms with van der Waals surface area (Å²) >= 11 is 5.85. The predicted octanol–water partition coefficient (Wildman–Crippen LogP) is 2.42. The van der Waals surface area contributed by atoms with E-state index in [4.69, 9.17) is 11.6 Å². The third kappa shape index (κ3) is 4.04. The van der Waals surface area contributed by atoms with E-state index in [2.05, 4.69) is 15.5 Å². The largest absolute Gasteiger partial charge is 0.435 e. The van der Waals surface area contributed by atoms with Crippen molar-refractivity contribution in [1.29, 1.82) is 0 Å². The first-order chi connectivity index (χ1) is 10.7. The summed E-state index contributed by atoms with van der Waals surface area (Å²) in [4.78, 5) is 11.9. The predicted molar refractivity (Wildman–Crippen MR) is 77.1 cm³/mol. The molecule has 2 rings (SSSR count). The summed E-state index contributed by atoms with van der Waals surface area (Å²) in [6, 6.07) is 0.994. The fourth-order valence-corrected chi connectivity index (χ4v) is 2.31. The molecule has 0 aliphatic rings. The number of hydrogen-bond donors (Lipinski definition) is 1. The van der Waals surface area contributed by atoms with Gasteiger partial charge in [-0.2, -0.15) is 23.4 Å². The number of nitrogens with one attached hydrogen (secondary N) is 1. The normalized spacial score (nSPS) is 11.7. The van der Waals surface area contributed by atoms with Crippen LogP contribution in [0.2, 0.25) is 5.02 Å². The molecular weight excluding hydrogens is 335 g/mol. The van der Waals surface area contributed by atoms with E-state index in [1.165, 1.54) is 15.6 Å². The second-order valence-electron chi connectivity index (χ2n) is 4.97. The van der Waals surface area contributed by atoms with Crippen molar-refractivity contribution < 1.29 is 18.0 Å². The fraction of sp³-hybridized carbons (Fsp3) is 0.462. The van der Waals surface area contributed by atoms with Crippen LogP contribution in [0.4, 0.5) is 13.2 Å². The minimum absolute atomic E-state index is 0.237. The molecule has 0 aromatic carbocycles. The maximum absolute atomic E-state index is 12.6. The molecule has 1 amide bonds. The van der Waals surface area contributed by atoms with Crippen molar-refractivity contribution in [3.63, 3.8) is 0 Å². The third-order valence-corrected chi connectivity index (χ3v) is 3.49. The van der Waals surface area contributed by atoms with E-state index < -0.39 is 11.9 Å². The van der Waals surface area contributed by atoms with Crippen LogP contribution in [0.15, 0.2) is 12.3 Å². The van der Waals surface area contributed by atoms with Crippen LogP contribution in [-0.2, 0) is 19.8 Å². The van der Waals surface area contributed by atoms with Crippen molar-refractivity contribution in [2.24, 2.45) is 7.05 Å². The molecule has 0 bridgehead atoms. The van der Waals surface area contributed by atoms with Gasteiger partial charge < -0.3 is 5.32 Å². The Morgan fingerprint density at radius 3 is 2.65 bits per heavy atom. The molecule has 126 valence electrons. The highest BCUT2D eigenvalue weighted by Gasteiger charge is 2.34. The van der Waals surface area contributed by atoms with Gasteiger partial charge in [0.15, 0.2) is 5.69 Å². The molecule has 2 aromatic heterocycles. The average molecular weight is 350 g/mol. The van der Waals surface area contributed by atoms with E-state index in [0.717, 1.165) is 6.07 Å². The molecule has 6 nitrogen and oxygen atoms in total. The second kappa shape index (κ2) is 6.61. The molecule has 0 saturated heterocycles. The van der Waals surface area contributed by atoms with E-state index in [0.29, 0.717) is 12.1 Å². The minimum Gasteiger partial charge on any atom is -0.351 e. The van der Waals surface area contributed by atoms with Crippen LogP contribution in [0.5, 0.6) is 0 Å². The van der Waals surface area contributed by atoms with Crippen LogP contribution >= 0.6 is 11.6 Å². The summed E-state index contributed by atoms with van der Waals surface area (Å²) in [7, 11) is 1.59. The van der Waals surface area contributed by atoms with Crippen LogP contribution in [0.3, 0.4) is 0 Å². The van der Waals surface area contributed by atoms with Crippen LogP contribution in [0, 0.1) is 6.92 Å². The number of alkyl halides is 3. The van der Waals surface area contributed by atoms with Gasteiger partial charge in [0.2, 0.25) is 0 Å². The second-order valence-corrected chi connectivity index (χ2v) is 5.37. The van der Waals surface area contributed by atoms with Crippen molar-refractivity contribution in [2.45, 2.75) is 26.1 Å². The lowest BCUT2D eigenvalue weighted by atomic mass is 10.3. The molecule has 23 heavy (non-hydrogen) atoms. The summed E-state index contributed by atoms with van der Waals surface area (Å²) in [6.07, 6.45) is -2.66. The van der Waals surface area contributed by atoms with Gasteiger partial charge in [0.05, 0.1) is 11.2 Å². The molecule has 0 aliphatic heterocycles. The Morgan fingerprint density at radius 2 is 2.13 bits per heavy atom. The molecule has 2 heterocycles. The summed E-state index contributed by atoms with van der Waals surface area (Å²) in [5, 5.41) is 10.3. The van der Waals surface area contributed by atoms with Crippen molar-refractivity contribution >= 4 is 17.5 Å². The average Bonchev–Trinajstić information content (AvgIpc) is 2.98. The van der Waals surface area contributed by atoms with Gasteiger partial charge in [-0.05, 0) is 19.4 Å². The van der Waals surface area contributed by atoms with Crippen LogP contribution in [0.1, 0.15) is 28.3 Å². The molecule has 0 saturated carbocycles. The Balaban J connectivity index is 1.87. The Kier molecular flexibility index (Phi) is 4.98. The van der Waals surface area contributed by atoms with Gasteiger partial charge in [-0.3, -0.25) is 14.2 Å². The maximum atomic E-state index is 12.6. The Bertz CT molecular complexity index is 688. The molecule has 0 radical (unpaired) electrons. The SMILES string of the molecule is Cc1cc(C(F)(F)F)nn1CCCNC(=O)c1c(Cl)cnn1C. The number of nitrogens with zero attached hydrogens (tertiary/aromatic N) is 4. The molecule has 10 heteroatoms.